The molecule has 12 aromatic rings. The van der Waals surface area contributed by atoms with Gasteiger partial charge in [-0.2, -0.15) is 0 Å². The summed E-state index contributed by atoms with van der Waals surface area (Å²) in [6.07, 6.45) is 0. The van der Waals surface area contributed by atoms with Crippen LogP contribution in [-0.2, 0) is 5.41 Å². The van der Waals surface area contributed by atoms with E-state index in [1.165, 1.54) is 50.1 Å². The van der Waals surface area contributed by atoms with Crippen LogP contribution in [0.3, 0.4) is 0 Å². The first-order valence-electron chi connectivity index (χ1n) is 21.3. The topological polar surface area (TPSA) is 65.0 Å². The maximum atomic E-state index is 6.64. The van der Waals surface area contributed by atoms with Crippen molar-refractivity contribution in [1.82, 2.24) is 15.0 Å². The lowest BCUT2D eigenvalue weighted by molar-refractivity contribution is 0.668. The summed E-state index contributed by atoms with van der Waals surface area (Å²) in [6, 6.07) is 70.9. The van der Waals surface area contributed by atoms with Crippen LogP contribution in [0, 0.1) is 0 Å². The van der Waals surface area contributed by atoms with Gasteiger partial charge < -0.3 is 8.83 Å². The number of furan rings is 2. The monoisotopic (exact) mass is 803 g/mol. The Hall–Kier alpha value is -8.41. The minimum absolute atomic E-state index is 0.422. The zero-order valence-corrected chi connectivity index (χ0v) is 33.7. The van der Waals surface area contributed by atoms with Gasteiger partial charge in [0.25, 0.3) is 0 Å². The van der Waals surface area contributed by atoms with Crippen molar-refractivity contribution in [1.29, 1.82) is 0 Å². The van der Waals surface area contributed by atoms with Gasteiger partial charge >= 0.3 is 0 Å². The van der Waals surface area contributed by atoms with E-state index in [1.807, 2.05) is 72.8 Å². The van der Waals surface area contributed by atoms with Gasteiger partial charge in [0.1, 0.15) is 22.3 Å². The van der Waals surface area contributed by atoms with Gasteiger partial charge in [-0.25, -0.2) is 15.0 Å². The Labute approximate surface area is 361 Å². The fourth-order valence-corrected chi connectivity index (χ4v) is 10.8. The molecule has 0 unspecified atom stereocenters. The van der Waals surface area contributed by atoms with Crippen molar-refractivity contribution in [2.45, 2.75) is 5.41 Å². The van der Waals surface area contributed by atoms with E-state index in [2.05, 4.69) is 127 Å². The van der Waals surface area contributed by atoms with Crippen molar-refractivity contribution in [3.8, 4) is 67.5 Å². The van der Waals surface area contributed by atoms with Crippen LogP contribution in [0.5, 0.6) is 0 Å². The van der Waals surface area contributed by atoms with Crippen LogP contribution >= 0.6 is 0 Å². The number of hydrogen-bond acceptors (Lipinski definition) is 5. The first-order valence-corrected chi connectivity index (χ1v) is 21.3. The Morgan fingerprint density at radius 3 is 1.67 bits per heavy atom. The molecule has 9 aromatic carbocycles. The molecule has 292 valence electrons. The average molecular weight is 804 g/mol. The van der Waals surface area contributed by atoms with E-state index in [9.17, 15) is 0 Å². The van der Waals surface area contributed by atoms with Crippen molar-refractivity contribution in [3.05, 3.63) is 222 Å². The first-order chi connectivity index (χ1) is 31.2. The van der Waals surface area contributed by atoms with Crippen molar-refractivity contribution in [2.24, 2.45) is 0 Å². The average Bonchev–Trinajstić information content (AvgIpc) is 4.09. The van der Waals surface area contributed by atoms with Gasteiger partial charge in [-0.1, -0.05) is 170 Å². The SMILES string of the molecule is c1ccc(-c2nc(-c3cccc4c3oc3ccccc34)nc(-c3cccc4oc5ccc(-c6cccc7c6-c6ccccc6C76c7ccccc7-c7ccccc76)cc5c34)n2)cc1. The number of nitrogens with zero attached hydrogens (tertiary/aromatic N) is 3. The Morgan fingerprint density at radius 2 is 0.857 bits per heavy atom. The minimum Gasteiger partial charge on any atom is -0.456 e. The third-order valence-electron chi connectivity index (χ3n) is 13.4. The molecule has 5 heteroatoms. The fourth-order valence-electron chi connectivity index (χ4n) is 10.8. The van der Waals surface area contributed by atoms with Crippen molar-refractivity contribution in [3.63, 3.8) is 0 Å². The highest BCUT2D eigenvalue weighted by molar-refractivity contribution is 6.14. The maximum Gasteiger partial charge on any atom is 0.167 e. The van der Waals surface area contributed by atoms with E-state index in [0.29, 0.717) is 17.5 Å². The van der Waals surface area contributed by atoms with E-state index >= 15 is 0 Å². The van der Waals surface area contributed by atoms with E-state index in [0.717, 1.165) is 66.1 Å². The number of fused-ring (bicyclic) bond motifs is 16. The van der Waals surface area contributed by atoms with E-state index in [1.54, 1.807) is 0 Å². The lowest BCUT2D eigenvalue weighted by atomic mass is 9.70. The molecule has 0 radical (unpaired) electrons. The Kier molecular flexibility index (Phi) is 6.97. The molecule has 0 N–H and O–H groups in total. The Bertz CT molecular complexity index is 3830. The molecule has 2 aliphatic rings. The number of rotatable bonds is 4. The molecule has 63 heavy (non-hydrogen) atoms. The third kappa shape index (κ3) is 4.68. The van der Waals surface area contributed by atoms with E-state index in [4.69, 9.17) is 23.8 Å². The zero-order valence-electron chi connectivity index (χ0n) is 33.7. The van der Waals surface area contributed by atoms with Crippen LogP contribution in [0.2, 0.25) is 0 Å². The summed E-state index contributed by atoms with van der Waals surface area (Å²) in [4.78, 5) is 15.6. The summed E-state index contributed by atoms with van der Waals surface area (Å²) in [7, 11) is 0. The highest BCUT2D eigenvalue weighted by atomic mass is 16.3. The molecule has 0 saturated carbocycles. The molecule has 3 aromatic heterocycles. The second-order valence-electron chi connectivity index (χ2n) is 16.6. The van der Waals surface area contributed by atoms with Crippen molar-refractivity contribution >= 4 is 43.9 Å². The predicted octanol–water partition coefficient (Wildman–Crippen LogP) is 14.7. The molecule has 0 amide bonds. The summed E-state index contributed by atoms with van der Waals surface area (Å²) >= 11 is 0. The second-order valence-corrected chi connectivity index (χ2v) is 16.6. The Balaban J connectivity index is 0.992. The molecule has 0 atom stereocenters. The third-order valence-corrected chi connectivity index (χ3v) is 13.4. The zero-order chi connectivity index (χ0) is 41.2. The molecular formula is C58H33N3O2. The molecule has 0 aliphatic heterocycles. The van der Waals surface area contributed by atoms with Gasteiger partial charge in [-0.15, -0.1) is 0 Å². The molecule has 0 saturated heterocycles. The molecule has 3 heterocycles. The smallest absolute Gasteiger partial charge is 0.167 e. The highest BCUT2D eigenvalue weighted by Gasteiger charge is 2.52. The second kappa shape index (κ2) is 12.8. The molecular weight excluding hydrogens is 771 g/mol. The summed E-state index contributed by atoms with van der Waals surface area (Å²) in [5.74, 6) is 1.67. The minimum atomic E-state index is -0.422. The maximum absolute atomic E-state index is 6.64. The van der Waals surface area contributed by atoms with Crippen LogP contribution in [-0.4, -0.2) is 15.0 Å². The first kappa shape index (κ1) is 34.3. The van der Waals surface area contributed by atoms with Gasteiger partial charge in [0.15, 0.2) is 17.5 Å². The van der Waals surface area contributed by atoms with Crippen LogP contribution in [0.4, 0.5) is 0 Å². The largest absolute Gasteiger partial charge is 0.456 e. The number of aromatic nitrogens is 3. The van der Waals surface area contributed by atoms with Crippen LogP contribution < -0.4 is 0 Å². The van der Waals surface area contributed by atoms with Gasteiger partial charge in [0, 0.05) is 32.7 Å². The predicted molar refractivity (Wildman–Crippen MR) is 252 cm³/mol. The van der Waals surface area contributed by atoms with Crippen LogP contribution in [0.25, 0.3) is 111 Å². The number of para-hydroxylation sites is 2. The quantitative estimate of drug-likeness (QED) is 0.177. The lowest BCUT2D eigenvalue weighted by Crippen LogP contribution is -2.25. The molecule has 1 spiro atoms. The molecule has 14 rings (SSSR count). The van der Waals surface area contributed by atoms with Gasteiger partial charge in [0.2, 0.25) is 0 Å². The number of hydrogen-bond donors (Lipinski definition) is 0. The van der Waals surface area contributed by atoms with Gasteiger partial charge in [-0.3, -0.25) is 0 Å². The van der Waals surface area contributed by atoms with Crippen molar-refractivity contribution in [2.75, 3.05) is 0 Å². The summed E-state index contributed by atoms with van der Waals surface area (Å²) in [5, 5.41) is 4.02. The fraction of sp³-hybridized carbons (Fsp3) is 0.0172. The Morgan fingerprint density at radius 1 is 0.317 bits per heavy atom. The summed E-state index contributed by atoms with van der Waals surface area (Å²) in [6.45, 7) is 0. The summed E-state index contributed by atoms with van der Waals surface area (Å²) < 4.78 is 13.1. The standard InChI is InChI=1S/C58H33N3O2/c1-2-15-34(16-3-1)55-59-56(61-57(60-55)43-24-12-22-40-39-19-7-11-29-49(39)63-54(40)43)42-23-14-30-51-53(42)44-33-35(31-32-50(44)62-51)36-21-13-28-48-52(36)41-20-6-10-27-47(41)58(48)45-25-8-4-17-37(45)38-18-5-9-26-46(38)58/h1-33H. The molecule has 0 bridgehead atoms. The number of benzene rings is 9. The molecule has 2 aliphatic carbocycles. The molecule has 0 fully saturated rings. The van der Waals surface area contributed by atoms with Crippen molar-refractivity contribution < 1.29 is 8.83 Å². The highest BCUT2D eigenvalue weighted by Crippen LogP contribution is 2.64. The normalized spacial score (nSPS) is 13.2. The van der Waals surface area contributed by atoms with Gasteiger partial charge in [-0.05, 0) is 86.0 Å². The lowest BCUT2D eigenvalue weighted by Gasteiger charge is -2.30. The van der Waals surface area contributed by atoms with Crippen LogP contribution in [0.1, 0.15) is 22.3 Å². The molecule has 5 nitrogen and oxygen atoms in total. The van der Waals surface area contributed by atoms with Gasteiger partial charge in [0.05, 0.1) is 11.0 Å². The summed E-state index contributed by atoms with van der Waals surface area (Å²) in [5.41, 5.74) is 18.0. The van der Waals surface area contributed by atoms with Crippen LogP contribution in [0.15, 0.2) is 209 Å². The van der Waals surface area contributed by atoms with E-state index < -0.39 is 5.41 Å². The van der Waals surface area contributed by atoms with E-state index in [-0.39, 0.29) is 0 Å².